The molecule has 7 heteroatoms. The maximum atomic E-state index is 13.5. The Morgan fingerprint density at radius 1 is 1.11 bits per heavy atom. The maximum Gasteiger partial charge on any atom is 0.328 e. The van der Waals surface area contributed by atoms with Gasteiger partial charge in [-0.2, -0.15) is 0 Å². The number of amides is 3. The fourth-order valence-electron chi connectivity index (χ4n) is 4.29. The number of nitrogens with zero attached hydrogens (tertiary/aromatic N) is 4. The summed E-state index contributed by atoms with van der Waals surface area (Å²) in [4.78, 5) is 39.2. The molecule has 0 unspecified atom stereocenters. The SMILES string of the molecule is Cc1nc2ccccc2nc1CN1C(=O)N(CC(C)C)C2(CCNCC2)C1=O. The Labute approximate surface area is 165 Å². The normalized spacial score (nSPS) is 19.4. The van der Waals surface area contributed by atoms with E-state index in [1.54, 1.807) is 0 Å². The smallest absolute Gasteiger partial charge is 0.317 e. The van der Waals surface area contributed by atoms with E-state index >= 15 is 0 Å². The Hall–Kier alpha value is -2.54. The number of fused-ring (bicyclic) bond motifs is 1. The average molecular weight is 381 g/mol. The number of imide groups is 1. The van der Waals surface area contributed by atoms with Gasteiger partial charge in [0, 0.05) is 6.54 Å². The largest absolute Gasteiger partial charge is 0.328 e. The number of aryl methyl sites for hydroxylation is 1. The number of carbonyl (C=O) groups excluding carboxylic acids is 2. The zero-order chi connectivity index (χ0) is 19.9. The molecule has 0 bridgehead atoms. The Morgan fingerprint density at radius 3 is 2.39 bits per heavy atom. The van der Waals surface area contributed by atoms with Gasteiger partial charge < -0.3 is 10.2 Å². The summed E-state index contributed by atoms with van der Waals surface area (Å²) in [7, 11) is 0. The predicted octanol–water partition coefficient (Wildman–Crippen LogP) is 2.48. The molecule has 1 aromatic carbocycles. The monoisotopic (exact) mass is 381 g/mol. The van der Waals surface area contributed by atoms with E-state index in [2.05, 4.69) is 29.1 Å². The van der Waals surface area contributed by atoms with Crippen LogP contribution in [0.2, 0.25) is 0 Å². The quantitative estimate of drug-likeness (QED) is 0.823. The van der Waals surface area contributed by atoms with Crippen LogP contribution in [0.4, 0.5) is 4.79 Å². The minimum absolute atomic E-state index is 0.0889. The Morgan fingerprint density at radius 2 is 1.75 bits per heavy atom. The minimum atomic E-state index is -0.717. The van der Waals surface area contributed by atoms with E-state index in [-0.39, 0.29) is 18.5 Å². The summed E-state index contributed by atoms with van der Waals surface area (Å²) < 4.78 is 0. The molecule has 4 rings (SSSR count). The van der Waals surface area contributed by atoms with Crippen LogP contribution in [0.5, 0.6) is 0 Å². The van der Waals surface area contributed by atoms with Crippen LogP contribution in [-0.2, 0) is 11.3 Å². The first-order valence-corrected chi connectivity index (χ1v) is 9.99. The molecule has 1 N–H and O–H groups in total. The molecule has 148 valence electrons. The van der Waals surface area contributed by atoms with Crippen molar-refractivity contribution in [3.8, 4) is 0 Å². The van der Waals surface area contributed by atoms with Crippen molar-refractivity contribution in [2.45, 2.75) is 45.7 Å². The lowest BCUT2D eigenvalue weighted by Gasteiger charge is -2.39. The van der Waals surface area contributed by atoms with Gasteiger partial charge in [0.05, 0.1) is 29.0 Å². The third-order valence-electron chi connectivity index (χ3n) is 5.75. The number of nitrogens with one attached hydrogen (secondary N) is 1. The minimum Gasteiger partial charge on any atom is -0.317 e. The second-order valence-electron chi connectivity index (χ2n) is 8.20. The summed E-state index contributed by atoms with van der Waals surface area (Å²) in [6.07, 6.45) is 1.31. The molecule has 2 fully saturated rings. The zero-order valence-corrected chi connectivity index (χ0v) is 16.7. The molecule has 7 nitrogen and oxygen atoms in total. The summed E-state index contributed by atoms with van der Waals surface area (Å²) in [6.45, 7) is 8.29. The molecule has 3 amide bonds. The van der Waals surface area contributed by atoms with E-state index in [1.165, 1.54) is 4.90 Å². The van der Waals surface area contributed by atoms with Crippen molar-refractivity contribution in [3.05, 3.63) is 35.7 Å². The number of carbonyl (C=O) groups is 2. The van der Waals surface area contributed by atoms with E-state index < -0.39 is 5.54 Å². The highest BCUT2D eigenvalue weighted by Gasteiger charge is 2.57. The van der Waals surface area contributed by atoms with Crippen LogP contribution in [0.1, 0.15) is 38.1 Å². The highest BCUT2D eigenvalue weighted by Crippen LogP contribution is 2.37. The van der Waals surface area contributed by atoms with Crippen molar-refractivity contribution in [3.63, 3.8) is 0 Å². The zero-order valence-electron chi connectivity index (χ0n) is 16.7. The van der Waals surface area contributed by atoms with Gasteiger partial charge in [0.2, 0.25) is 0 Å². The fourth-order valence-corrected chi connectivity index (χ4v) is 4.29. The third kappa shape index (κ3) is 3.03. The molecule has 0 aliphatic carbocycles. The van der Waals surface area contributed by atoms with Crippen LogP contribution in [0, 0.1) is 12.8 Å². The van der Waals surface area contributed by atoms with Crippen molar-refractivity contribution in [1.82, 2.24) is 25.1 Å². The van der Waals surface area contributed by atoms with Crippen LogP contribution in [-0.4, -0.2) is 56.9 Å². The molecule has 1 spiro atoms. The molecule has 0 atom stereocenters. The first kappa shape index (κ1) is 18.8. The van der Waals surface area contributed by atoms with Crippen LogP contribution in [0.3, 0.4) is 0 Å². The summed E-state index contributed by atoms with van der Waals surface area (Å²) in [6, 6.07) is 7.46. The summed E-state index contributed by atoms with van der Waals surface area (Å²) in [5.74, 6) is 0.208. The Balaban J connectivity index is 1.69. The summed E-state index contributed by atoms with van der Waals surface area (Å²) in [5.41, 5.74) is 2.30. The molecule has 1 aromatic heterocycles. The first-order chi connectivity index (χ1) is 13.4. The van der Waals surface area contributed by atoms with Crippen molar-refractivity contribution >= 4 is 23.0 Å². The number of hydrogen-bond acceptors (Lipinski definition) is 5. The van der Waals surface area contributed by atoms with Gasteiger partial charge in [-0.25, -0.2) is 14.8 Å². The van der Waals surface area contributed by atoms with Crippen molar-refractivity contribution in [1.29, 1.82) is 0 Å². The number of para-hydroxylation sites is 2. The number of rotatable bonds is 4. The predicted molar refractivity (Wildman–Crippen MR) is 107 cm³/mol. The van der Waals surface area contributed by atoms with Gasteiger partial charge in [-0.1, -0.05) is 26.0 Å². The molecular weight excluding hydrogens is 354 g/mol. The van der Waals surface area contributed by atoms with Crippen LogP contribution >= 0.6 is 0 Å². The molecule has 2 aliphatic rings. The Bertz CT molecular complexity index is 920. The van der Waals surface area contributed by atoms with Crippen molar-refractivity contribution in [2.24, 2.45) is 5.92 Å². The fraction of sp³-hybridized carbons (Fsp3) is 0.524. The maximum absolute atomic E-state index is 13.5. The highest BCUT2D eigenvalue weighted by atomic mass is 16.2. The van der Waals surface area contributed by atoms with Crippen molar-refractivity contribution < 1.29 is 9.59 Å². The molecule has 0 saturated carbocycles. The molecule has 2 aliphatic heterocycles. The van der Waals surface area contributed by atoms with Crippen LogP contribution < -0.4 is 5.32 Å². The lowest BCUT2D eigenvalue weighted by Crippen LogP contribution is -2.56. The number of benzene rings is 1. The molecular formula is C21H27N5O2. The average Bonchev–Trinajstić information content (AvgIpc) is 2.85. The van der Waals surface area contributed by atoms with Crippen molar-refractivity contribution in [2.75, 3.05) is 19.6 Å². The molecule has 0 radical (unpaired) electrons. The van der Waals surface area contributed by atoms with Crippen LogP contribution in [0.25, 0.3) is 11.0 Å². The molecule has 3 heterocycles. The van der Waals surface area contributed by atoms with Gasteiger partial charge in [-0.05, 0) is 50.9 Å². The summed E-state index contributed by atoms with van der Waals surface area (Å²) in [5, 5.41) is 3.31. The standard InChI is InChI=1S/C21H27N5O2/c1-14(2)12-26-20(28)25(19(27)21(26)8-10-22-11-9-21)13-18-15(3)23-16-6-4-5-7-17(16)24-18/h4-7,14,22H,8-13H2,1-3H3. The number of urea groups is 1. The van der Waals surface area contributed by atoms with E-state index in [1.807, 2.05) is 36.1 Å². The Kier molecular flexibility index (Phi) is 4.79. The van der Waals surface area contributed by atoms with E-state index in [0.29, 0.717) is 31.0 Å². The second-order valence-corrected chi connectivity index (χ2v) is 8.20. The van der Waals surface area contributed by atoms with Gasteiger partial charge in [0.1, 0.15) is 5.54 Å². The number of piperidine rings is 1. The van der Waals surface area contributed by atoms with Crippen LogP contribution in [0.15, 0.2) is 24.3 Å². The molecule has 2 saturated heterocycles. The van der Waals surface area contributed by atoms with E-state index in [4.69, 9.17) is 0 Å². The first-order valence-electron chi connectivity index (χ1n) is 9.99. The third-order valence-corrected chi connectivity index (χ3v) is 5.75. The van der Waals surface area contributed by atoms with E-state index in [9.17, 15) is 9.59 Å². The topological polar surface area (TPSA) is 78.4 Å². The van der Waals surface area contributed by atoms with Gasteiger partial charge in [0.15, 0.2) is 0 Å². The van der Waals surface area contributed by atoms with Gasteiger partial charge >= 0.3 is 6.03 Å². The van der Waals surface area contributed by atoms with E-state index in [0.717, 1.165) is 29.8 Å². The molecule has 28 heavy (non-hydrogen) atoms. The van der Waals surface area contributed by atoms with Gasteiger partial charge in [-0.3, -0.25) is 9.69 Å². The second kappa shape index (κ2) is 7.13. The van der Waals surface area contributed by atoms with Gasteiger partial charge in [0.25, 0.3) is 5.91 Å². The highest BCUT2D eigenvalue weighted by molar-refractivity contribution is 6.07. The molecule has 2 aromatic rings. The lowest BCUT2D eigenvalue weighted by molar-refractivity contribution is -0.135. The van der Waals surface area contributed by atoms with Gasteiger partial charge in [-0.15, -0.1) is 0 Å². The summed E-state index contributed by atoms with van der Waals surface area (Å²) >= 11 is 0. The number of aromatic nitrogens is 2. The number of hydrogen-bond donors (Lipinski definition) is 1. The lowest BCUT2D eigenvalue weighted by atomic mass is 9.86.